The van der Waals surface area contributed by atoms with Crippen LogP contribution in [-0.2, 0) is 21.2 Å². The SMILES string of the molecule is COc1cc(NC(=O)C=COc2cccc(S(=O)(=O)c3ccc([C@H](C)N4CCN(C5CCCCC5)CC4)cc3)c2)c(Cl)cc1CNC[C@H](O)c1ccc(O)c2[nH]c(=O)ccc12. The first-order chi connectivity index (χ1) is 29.4. The minimum atomic E-state index is -3.85. The van der Waals surface area contributed by atoms with E-state index in [1.54, 1.807) is 48.5 Å². The molecule has 1 saturated carbocycles. The van der Waals surface area contributed by atoms with Crippen LogP contribution in [0.25, 0.3) is 10.9 Å². The number of aliphatic hydroxyl groups is 1. The molecular formula is C46H52ClN5O8S. The lowest BCUT2D eigenvalue weighted by molar-refractivity contribution is -0.112. The molecule has 15 heteroatoms. The van der Waals surface area contributed by atoms with Gasteiger partial charge in [-0.2, -0.15) is 0 Å². The maximum absolute atomic E-state index is 13.6. The Kier molecular flexibility index (Phi) is 14.1. The molecule has 2 heterocycles. The molecule has 0 spiro atoms. The highest BCUT2D eigenvalue weighted by Gasteiger charge is 2.28. The van der Waals surface area contributed by atoms with Crippen LogP contribution in [0.3, 0.4) is 0 Å². The summed E-state index contributed by atoms with van der Waals surface area (Å²) < 4.78 is 38.5. The van der Waals surface area contributed by atoms with E-state index in [-0.39, 0.29) is 62.2 Å². The Bertz CT molecular complexity index is 2530. The van der Waals surface area contributed by atoms with Gasteiger partial charge in [-0.3, -0.25) is 19.4 Å². The van der Waals surface area contributed by atoms with Gasteiger partial charge in [-0.1, -0.05) is 55.1 Å². The Morgan fingerprint density at radius 3 is 2.46 bits per heavy atom. The average molecular weight is 870 g/mol. The smallest absolute Gasteiger partial charge is 0.251 e. The van der Waals surface area contributed by atoms with Crippen LogP contribution in [0.2, 0.25) is 5.02 Å². The number of phenols is 1. The number of phenolic OH excluding ortho intramolecular Hbond substituents is 1. The number of H-pyrrole nitrogens is 1. The summed E-state index contributed by atoms with van der Waals surface area (Å²) in [6, 6.07) is 23.2. The van der Waals surface area contributed by atoms with Crippen molar-refractivity contribution in [1.29, 1.82) is 0 Å². The number of pyridine rings is 1. The van der Waals surface area contributed by atoms with Gasteiger partial charge in [-0.05, 0) is 79.4 Å². The van der Waals surface area contributed by atoms with Gasteiger partial charge in [0.15, 0.2) is 0 Å². The molecule has 7 rings (SSSR count). The Morgan fingerprint density at radius 2 is 1.72 bits per heavy atom. The molecule has 1 aliphatic carbocycles. The molecule has 322 valence electrons. The standard InChI is InChI=1S/C46H52ClN5O8S/c1-30(51-20-22-52(23-21-51)33-7-4-3-5-8-33)31-11-13-35(14-12-31)61(57,58)36-10-6-9-34(26-36)60-24-19-45(56)49-40-27-43(59-2)32(25-39(40)47)28-48-29-42(54)37-15-17-41(53)46-38(37)16-18-44(55)50-46/h6,9-19,24-27,30,33,42,48,53-54H,3-5,7-8,20-23,28-29H2,1-2H3,(H,49,56)(H,50,55)/t30-,42-/m0/s1. The second-order valence-electron chi connectivity index (χ2n) is 15.6. The van der Waals surface area contributed by atoms with E-state index in [2.05, 4.69) is 32.3 Å². The first kappa shape index (κ1) is 43.9. The highest BCUT2D eigenvalue weighted by Crippen LogP contribution is 2.33. The molecule has 1 aromatic heterocycles. The molecule has 2 fully saturated rings. The number of piperazine rings is 1. The first-order valence-corrected chi connectivity index (χ1v) is 22.4. The summed E-state index contributed by atoms with van der Waals surface area (Å²) in [5, 5.41) is 27.7. The van der Waals surface area contributed by atoms with E-state index in [9.17, 15) is 28.2 Å². The summed E-state index contributed by atoms with van der Waals surface area (Å²) in [5.41, 5.74) is 2.42. The largest absolute Gasteiger partial charge is 0.506 e. The lowest BCUT2D eigenvalue weighted by Gasteiger charge is -2.42. The van der Waals surface area contributed by atoms with Gasteiger partial charge in [-0.15, -0.1) is 0 Å². The van der Waals surface area contributed by atoms with Gasteiger partial charge in [0.05, 0.1) is 45.5 Å². The van der Waals surface area contributed by atoms with Crippen LogP contribution in [0.5, 0.6) is 17.2 Å². The molecular weight excluding hydrogens is 818 g/mol. The summed E-state index contributed by atoms with van der Waals surface area (Å²) in [6.07, 6.45) is 7.99. The van der Waals surface area contributed by atoms with Crippen molar-refractivity contribution in [2.75, 3.05) is 45.2 Å². The van der Waals surface area contributed by atoms with Crippen molar-refractivity contribution in [3.63, 3.8) is 0 Å². The molecule has 13 nitrogen and oxygen atoms in total. The number of ether oxygens (including phenoxy) is 2. The third kappa shape index (κ3) is 10.5. The van der Waals surface area contributed by atoms with Crippen molar-refractivity contribution < 1.29 is 32.9 Å². The number of aromatic nitrogens is 1. The number of rotatable bonds is 15. The van der Waals surface area contributed by atoms with E-state index in [1.165, 1.54) is 63.5 Å². The molecule has 0 radical (unpaired) electrons. The Morgan fingerprint density at radius 1 is 0.967 bits per heavy atom. The summed E-state index contributed by atoms with van der Waals surface area (Å²) in [4.78, 5) is 32.6. The Labute approximate surface area is 360 Å². The molecule has 5 N–H and O–H groups in total. The fraction of sp³-hybridized carbons (Fsp3) is 0.348. The Hall–Kier alpha value is -5.22. The molecule has 1 amide bonds. The van der Waals surface area contributed by atoms with Crippen molar-refractivity contribution in [3.8, 4) is 17.2 Å². The molecule has 1 aliphatic heterocycles. The number of methoxy groups -OCH3 is 1. The maximum atomic E-state index is 13.6. The molecule has 0 unspecified atom stereocenters. The highest BCUT2D eigenvalue weighted by atomic mass is 35.5. The third-order valence-electron chi connectivity index (χ3n) is 11.7. The number of anilines is 1. The summed E-state index contributed by atoms with van der Waals surface area (Å²) >= 11 is 6.55. The number of nitrogens with zero attached hydrogens (tertiary/aromatic N) is 2. The van der Waals surface area contributed by atoms with Crippen LogP contribution in [0.4, 0.5) is 5.69 Å². The first-order valence-electron chi connectivity index (χ1n) is 20.6. The lowest BCUT2D eigenvalue weighted by Crippen LogP contribution is -2.51. The second kappa shape index (κ2) is 19.7. The summed E-state index contributed by atoms with van der Waals surface area (Å²) in [6.45, 7) is 6.70. The number of carbonyl (C=O) groups is 1. The quantitative estimate of drug-likeness (QED) is 0.0537. The number of hydrogen-bond donors (Lipinski definition) is 5. The molecule has 5 aromatic rings. The number of aromatic amines is 1. The minimum Gasteiger partial charge on any atom is -0.506 e. The minimum absolute atomic E-state index is 0.0665. The number of amides is 1. The molecule has 4 aromatic carbocycles. The van der Waals surface area contributed by atoms with Crippen molar-refractivity contribution in [2.45, 2.75) is 73.6 Å². The molecule has 2 atom stereocenters. The van der Waals surface area contributed by atoms with Crippen LogP contribution in [0.15, 0.2) is 112 Å². The molecule has 61 heavy (non-hydrogen) atoms. The summed E-state index contributed by atoms with van der Waals surface area (Å²) in [7, 11) is -2.36. The predicted molar refractivity (Wildman–Crippen MR) is 236 cm³/mol. The zero-order valence-electron chi connectivity index (χ0n) is 34.3. The van der Waals surface area contributed by atoms with Crippen LogP contribution >= 0.6 is 11.6 Å². The number of nitrogens with one attached hydrogen (secondary N) is 3. The number of benzene rings is 4. The van der Waals surface area contributed by atoms with Crippen LogP contribution in [-0.4, -0.2) is 85.2 Å². The van der Waals surface area contributed by atoms with E-state index in [4.69, 9.17) is 21.1 Å². The lowest BCUT2D eigenvalue weighted by atomic mass is 9.93. The van der Waals surface area contributed by atoms with Gasteiger partial charge in [0.25, 0.3) is 5.91 Å². The third-order valence-corrected chi connectivity index (χ3v) is 13.8. The van der Waals surface area contributed by atoms with Crippen LogP contribution in [0.1, 0.15) is 67.9 Å². The van der Waals surface area contributed by atoms with Crippen LogP contribution < -0.4 is 25.7 Å². The predicted octanol–water partition coefficient (Wildman–Crippen LogP) is 7.09. The maximum Gasteiger partial charge on any atom is 0.251 e. The normalized spacial score (nSPS) is 16.7. The second-order valence-corrected chi connectivity index (χ2v) is 17.9. The number of carbonyl (C=O) groups excluding carboxylic acids is 1. The van der Waals surface area contributed by atoms with Gasteiger partial charge in [0, 0.05) is 80.5 Å². The molecule has 2 aliphatic rings. The van der Waals surface area contributed by atoms with Gasteiger partial charge in [-0.25, -0.2) is 8.42 Å². The van der Waals surface area contributed by atoms with E-state index in [0.717, 1.165) is 50.1 Å². The zero-order chi connectivity index (χ0) is 43.1. The van der Waals surface area contributed by atoms with Gasteiger partial charge in [0.2, 0.25) is 15.4 Å². The van der Waals surface area contributed by atoms with Crippen molar-refractivity contribution in [3.05, 3.63) is 129 Å². The van der Waals surface area contributed by atoms with Crippen LogP contribution in [0, 0.1) is 0 Å². The number of hydrogen-bond acceptors (Lipinski definition) is 11. The van der Waals surface area contributed by atoms with Crippen molar-refractivity contribution >= 4 is 43.9 Å². The highest BCUT2D eigenvalue weighted by molar-refractivity contribution is 7.91. The average Bonchev–Trinajstić information content (AvgIpc) is 3.27. The number of fused-ring (bicyclic) bond motifs is 1. The zero-order valence-corrected chi connectivity index (χ0v) is 35.8. The Balaban J connectivity index is 0.910. The number of sulfone groups is 1. The molecule has 1 saturated heterocycles. The fourth-order valence-electron chi connectivity index (χ4n) is 8.29. The number of aromatic hydroxyl groups is 1. The van der Waals surface area contributed by atoms with E-state index in [0.29, 0.717) is 22.3 Å². The summed E-state index contributed by atoms with van der Waals surface area (Å²) in [5.74, 6) is 0.0161. The van der Waals surface area contributed by atoms with Gasteiger partial charge >= 0.3 is 0 Å². The van der Waals surface area contributed by atoms with Gasteiger partial charge in [0.1, 0.15) is 17.2 Å². The molecule has 0 bridgehead atoms. The van der Waals surface area contributed by atoms with E-state index >= 15 is 0 Å². The monoisotopic (exact) mass is 869 g/mol. The number of halogens is 1. The topological polar surface area (TPSA) is 174 Å². The van der Waals surface area contributed by atoms with Crippen molar-refractivity contribution in [2.24, 2.45) is 0 Å². The van der Waals surface area contributed by atoms with E-state index < -0.39 is 21.8 Å². The van der Waals surface area contributed by atoms with Gasteiger partial charge < -0.3 is 35.3 Å². The number of aliphatic hydroxyl groups excluding tert-OH is 1. The van der Waals surface area contributed by atoms with E-state index in [1.807, 2.05) is 12.1 Å². The fourth-order valence-corrected chi connectivity index (χ4v) is 9.82. The van der Waals surface area contributed by atoms with Crippen molar-refractivity contribution in [1.82, 2.24) is 20.1 Å².